The number of amides is 1. The Morgan fingerprint density at radius 2 is 1.67 bits per heavy atom. The fraction of sp³-hybridized carbons (Fsp3) is 0.273. The minimum atomic E-state index is -1.10. The van der Waals surface area contributed by atoms with Gasteiger partial charge in [-0.25, -0.2) is 9.97 Å². The Bertz CT molecular complexity index is 1560. The number of carbonyl (C=O) groups is 2. The molecular weight excluding hydrogens is 571 g/mol. The number of aliphatic carboxylic acids is 1. The van der Waals surface area contributed by atoms with Crippen LogP contribution in [0.15, 0.2) is 79.0 Å². The Morgan fingerprint density at radius 3 is 2.36 bits per heavy atom. The molecule has 9 heteroatoms. The van der Waals surface area contributed by atoms with Crippen LogP contribution in [-0.2, 0) is 24.2 Å². The molecule has 1 N–H and O–H groups in total. The topological polar surface area (TPSA) is 86.6 Å². The van der Waals surface area contributed by atoms with Crippen LogP contribution in [0.1, 0.15) is 57.2 Å². The van der Waals surface area contributed by atoms with Gasteiger partial charge in [0.05, 0.1) is 17.3 Å². The highest BCUT2D eigenvalue weighted by Gasteiger charge is 2.30. The van der Waals surface area contributed by atoms with E-state index in [1.54, 1.807) is 30.5 Å². The summed E-state index contributed by atoms with van der Waals surface area (Å²) >= 11 is 12.2. The average molecular weight is 604 g/mol. The molecule has 4 aromatic rings. The molecule has 1 aliphatic rings. The molecule has 7 nitrogen and oxygen atoms in total. The van der Waals surface area contributed by atoms with Gasteiger partial charge >= 0.3 is 5.97 Å². The van der Waals surface area contributed by atoms with Crippen LogP contribution in [0.25, 0.3) is 0 Å². The Balaban J connectivity index is 1.49. The number of hydrogen-bond acceptors (Lipinski definition) is 5. The van der Waals surface area contributed by atoms with Crippen molar-refractivity contribution in [1.82, 2.24) is 14.9 Å². The van der Waals surface area contributed by atoms with Gasteiger partial charge in [-0.05, 0) is 79.1 Å². The van der Waals surface area contributed by atoms with E-state index >= 15 is 0 Å². The summed E-state index contributed by atoms with van der Waals surface area (Å²) in [6, 6.07) is 23.1. The van der Waals surface area contributed by atoms with Gasteiger partial charge in [-0.3, -0.25) is 9.59 Å². The summed E-state index contributed by atoms with van der Waals surface area (Å²) in [6.45, 7) is 2.52. The number of hydrogen-bond donors (Lipinski definition) is 1. The molecule has 1 unspecified atom stereocenters. The Hall–Kier alpha value is -3.94. The lowest BCUT2D eigenvalue weighted by atomic mass is 10.0. The van der Waals surface area contributed by atoms with Gasteiger partial charge < -0.3 is 14.9 Å². The smallest absolute Gasteiger partial charge is 0.323 e. The summed E-state index contributed by atoms with van der Waals surface area (Å²) in [6.07, 6.45) is 4.69. The number of rotatable bonds is 10. The largest absolute Gasteiger partial charge is 0.480 e. The lowest BCUT2D eigenvalue weighted by Crippen LogP contribution is -2.36. The second kappa shape index (κ2) is 13.4. The number of carbonyl (C=O) groups excluding carboxylic acids is 1. The third-order valence-corrected chi connectivity index (χ3v) is 8.15. The van der Waals surface area contributed by atoms with Gasteiger partial charge in [0.15, 0.2) is 0 Å². The van der Waals surface area contributed by atoms with Gasteiger partial charge in [-0.15, -0.1) is 0 Å². The van der Waals surface area contributed by atoms with Crippen molar-refractivity contribution in [3.05, 3.63) is 123 Å². The summed E-state index contributed by atoms with van der Waals surface area (Å²) < 4.78 is 0. The monoisotopic (exact) mass is 602 g/mol. The van der Waals surface area contributed by atoms with Crippen molar-refractivity contribution in [2.24, 2.45) is 0 Å². The van der Waals surface area contributed by atoms with Crippen LogP contribution in [0.4, 0.5) is 5.95 Å². The first-order chi connectivity index (χ1) is 20.3. The molecule has 1 fully saturated rings. The molecule has 2 heterocycles. The Labute approximate surface area is 255 Å². The SMILES string of the molecule is Cc1ccccc1CCc1nc(N2CCCC2c2ccc(Cl)cc2)ncc1C(=O)N(CC(=O)O)Cc1ccc(Cl)cc1. The zero-order valence-corrected chi connectivity index (χ0v) is 24.9. The van der Waals surface area contributed by atoms with Crippen molar-refractivity contribution in [3.8, 4) is 0 Å². The average Bonchev–Trinajstić information content (AvgIpc) is 3.47. The first-order valence-electron chi connectivity index (χ1n) is 14.0. The van der Waals surface area contributed by atoms with Crippen LogP contribution in [-0.4, -0.2) is 44.9 Å². The minimum absolute atomic E-state index is 0.0986. The summed E-state index contributed by atoms with van der Waals surface area (Å²) in [7, 11) is 0. The molecule has 1 aromatic heterocycles. The number of benzene rings is 3. The molecule has 0 radical (unpaired) electrons. The summed E-state index contributed by atoms with van der Waals surface area (Å²) in [5.74, 6) is -0.959. The predicted octanol–water partition coefficient (Wildman–Crippen LogP) is 6.95. The van der Waals surface area contributed by atoms with E-state index in [9.17, 15) is 14.7 Å². The summed E-state index contributed by atoms with van der Waals surface area (Å²) in [5, 5.41) is 10.9. The van der Waals surface area contributed by atoms with Gasteiger partial charge in [0, 0.05) is 29.3 Å². The van der Waals surface area contributed by atoms with E-state index < -0.39 is 18.4 Å². The predicted molar refractivity (Wildman–Crippen MR) is 165 cm³/mol. The molecular formula is C33H32Cl2N4O3. The molecule has 0 spiro atoms. The quantitative estimate of drug-likeness (QED) is 0.211. The lowest BCUT2D eigenvalue weighted by Gasteiger charge is -2.27. The number of halogens is 2. The van der Waals surface area contributed by atoms with Crippen LogP contribution < -0.4 is 4.90 Å². The summed E-state index contributed by atoms with van der Waals surface area (Å²) in [5.41, 5.74) is 5.15. The fourth-order valence-electron chi connectivity index (χ4n) is 5.44. The third-order valence-electron chi connectivity index (χ3n) is 7.64. The second-order valence-electron chi connectivity index (χ2n) is 10.5. The first-order valence-corrected chi connectivity index (χ1v) is 14.7. The fourth-order valence-corrected chi connectivity index (χ4v) is 5.69. The highest BCUT2D eigenvalue weighted by molar-refractivity contribution is 6.30. The first kappa shape index (κ1) is 29.5. The van der Waals surface area contributed by atoms with E-state index in [0.29, 0.717) is 40.1 Å². The van der Waals surface area contributed by atoms with E-state index in [-0.39, 0.29) is 12.6 Å². The highest BCUT2D eigenvalue weighted by Crippen LogP contribution is 2.35. The van der Waals surface area contributed by atoms with Crippen LogP contribution >= 0.6 is 23.2 Å². The maximum Gasteiger partial charge on any atom is 0.323 e. The number of aromatic nitrogens is 2. The second-order valence-corrected chi connectivity index (χ2v) is 11.4. The van der Waals surface area contributed by atoms with Crippen molar-refractivity contribution in [2.45, 2.75) is 45.2 Å². The molecule has 3 aromatic carbocycles. The van der Waals surface area contributed by atoms with Crippen LogP contribution in [0.5, 0.6) is 0 Å². The van der Waals surface area contributed by atoms with Crippen LogP contribution in [0.3, 0.4) is 0 Å². The molecule has 0 saturated carbocycles. The third kappa shape index (κ3) is 7.09. The molecule has 1 aliphatic heterocycles. The zero-order valence-electron chi connectivity index (χ0n) is 23.3. The van der Waals surface area contributed by atoms with E-state index in [1.165, 1.54) is 10.5 Å². The molecule has 5 rings (SSSR count). The van der Waals surface area contributed by atoms with Crippen molar-refractivity contribution < 1.29 is 14.7 Å². The lowest BCUT2D eigenvalue weighted by molar-refractivity contribution is -0.137. The van der Waals surface area contributed by atoms with Gasteiger partial charge in [0.25, 0.3) is 5.91 Å². The van der Waals surface area contributed by atoms with Crippen molar-refractivity contribution in [1.29, 1.82) is 0 Å². The van der Waals surface area contributed by atoms with Crippen molar-refractivity contribution >= 4 is 41.0 Å². The van der Waals surface area contributed by atoms with Gasteiger partial charge in [0.2, 0.25) is 5.95 Å². The molecule has 216 valence electrons. The highest BCUT2D eigenvalue weighted by atomic mass is 35.5. The molecule has 0 aliphatic carbocycles. The van der Waals surface area contributed by atoms with Gasteiger partial charge in [0.1, 0.15) is 6.54 Å². The molecule has 1 amide bonds. The normalized spacial score (nSPS) is 14.6. The van der Waals surface area contributed by atoms with E-state index in [1.807, 2.05) is 36.4 Å². The van der Waals surface area contributed by atoms with E-state index in [4.69, 9.17) is 28.2 Å². The number of aryl methyl sites for hydroxylation is 3. The minimum Gasteiger partial charge on any atom is -0.480 e. The maximum atomic E-state index is 13.9. The number of anilines is 1. The summed E-state index contributed by atoms with van der Waals surface area (Å²) in [4.78, 5) is 38.8. The maximum absolute atomic E-state index is 13.9. The molecule has 1 saturated heterocycles. The van der Waals surface area contributed by atoms with E-state index in [2.05, 4.69) is 28.9 Å². The van der Waals surface area contributed by atoms with E-state index in [0.717, 1.165) is 36.1 Å². The number of nitrogens with zero attached hydrogens (tertiary/aromatic N) is 4. The van der Waals surface area contributed by atoms with Gasteiger partial charge in [-0.2, -0.15) is 0 Å². The zero-order chi connectivity index (χ0) is 29.6. The van der Waals surface area contributed by atoms with Crippen molar-refractivity contribution in [2.75, 3.05) is 18.0 Å². The van der Waals surface area contributed by atoms with Crippen LogP contribution in [0, 0.1) is 6.92 Å². The Morgan fingerprint density at radius 1 is 0.976 bits per heavy atom. The molecule has 42 heavy (non-hydrogen) atoms. The molecule has 1 atom stereocenters. The number of carboxylic acid groups (broad SMARTS) is 1. The van der Waals surface area contributed by atoms with Crippen LogP contribution in [0.2, 0.25) is 10.0 Å². The standard InChI is InChI=1S/C33H32Cl2N4O3/c1-22-5-2-3-6-24(22)12-17-29-28(32(42)38(21-31(40)41)20-23-8-13-26(34)14-9-23)19-36-33(37-29)39-18-4-7-30(39)25-10-15-27(35)16-11-25/h2-3,5-6,8-11,13-16,19,30H,4,7,12,17-18,20-21H2,1H3,(H,40,41). The number of carboxylic acids is 1. The van der Waals surface area contributed by atoms with Gasteiger partial charge in [-0.1, -0.05) is 71.7 Å². The Kier molecular flexibility index (Phi) is 9.40. The molecule has 0 bridgehead atoms. The van der Waals surface area contributed by atoms with Crippen molar-refractivity contribution in [3.63, 3.8) is 0 Å².